The van der Waals surface area contributed by atoms with Gasteiger partial charge in [-0.25, -0.2) is 0 Å². The number of aromatic nitrogens is 2. The van der Waals surface area contributed by atoms with E-state index in [0.717, 1.165) is 17.8 Å². The summed E-state index contributed by atoms with van der Waals surface area (Å²) in [5.41, 5.74) is 0.576. The highest BCUT2D eigenvalue weighted by atomic mass is 32.1. The summed E-state index contributed by atoms with van der Waals surface area (Å²) in [6.45, 7) is 1.72. The van der Waals surface area contributed by atoms with Crippen molar-refractivity contribution in [1.82, 2.24) is 20.4 Å². The molecule has 0 saturated carbocycles. The predicted molar refractivity (Wildman–Crippen MR) is 114 cm³/mol. The summed E-state index contributed by atoms with van der Waals surface area (Å²) in [6.07, 6.45) is 1.44. The minimum absolute atomic E-state index is 0.0880. The van der Waals surface area contributed by atoms with Crippen molar-refractivity contribution < 1.29 is 23.9 Å². The Bertz CT molecular complexity index is 917. The predicted octanol–water partition coefficient (Wildman–Crippen LogP) is 1.41. The molecule has 3 amide bonds. The van der Waals surface area contributed by atoms with Crippen LogP contribution in [0.2, 0.25) is 0 Å². The van der Waals surface area contributed by atoms with E-state index in [-0.39, 0.29) is 27.7 Å². The van der Waals surface area contributed by atoms with Crippen molar-refractivity contribution in [2.45, 2.75) is 12.8 Å². The van der Waals surface area contributed by atoms with Gasteiger partial charge < -0.3 is 25.0 Å². The molecule has 1 saturated heterocycles. The molecular formula is C20H25N5O5S. The number of nitrogens with zero attached hydrogens (tertiary/aromatic N) is 3. The number of ether oxygens (including phenoxy) is 2. The van der Waals surface area contributed by atoms with Crippen LogP contribution in [-0.4, -0.2) is 73.3 Å². The van der Waals surface area contributed by atoms with E-state index in [9.17, 15) is 14.4 Å². The van der Waals surface area contributed by atoms with E-state index in [2.05, 4.69) is 20.8 Å². The first-order chi connectivity index (χ1) is 15.0. The summed E-state index contributed by atoms with van der Waals surface area (Å²) in [7, 11) is 3.13. The topological polar surface area (TPSA) is 123 Å². The lowest BCUT2D eigenvalue weighted by atomic mass is 9.97. The molecule has 31 heavy (non-hydrogen) atoms. The SMILES string of the molecule is COCCNC(=O)[C@H]1CCCN(C(=O)c2nnc(C(=O)Nc3ccc(OC)cc3)s2)C1. The Labute approximate surface area is 183 Å². The maximum atomic E-state index is 12.8. The molecule has 3 rings (SSSR count). The Morgan fingerprint density at radius 1 is 1.16 bits per heavy atom. The summed E-state index contributed by atoms with van der Waals surface area (Å²) in [5, 5.41) is 13.5. The Morgan fingerprint density at radius 2 is 1.90 bits per heavy atom. The number of likely N-dealkylation sites (tertiary alicyclic amines) is 1. The van der Waals surface area contributed by atoms with Crippen LogP contribution in [0.3, 0.4) is 0 Å². The largest absolute Gasteiger partial charge is 0.497 e. The summed E-state index contributed by atoms with van der Waals surface area (Å²) in [5.74, 6) is -0.466. The van der Waals surface area contributed by atoms with Gasteiger partial charge in [0.15, 0.2) is 0 Å². The third-order valence-electron chi connectivity index (χ3n) is 4.83. The number of hydrogen-bond acceptors (Lipinski definition) is 8. The van der Waals surface area contributed by atoms with E-state index in [1.165, 1.54) is 0 Å². The number of piperidine rings is 1. The Kier molecular flexibility index (Phi) is 7.90. The molecule has 1 aromatic heterocycles. The number of methoxy groups -OCH3 is 2. The van der Waals surface area contributed by atoms with E-state index < -0.39 is 5.91 Å². The Hall–Kier alpha value is -3.05. The lowest BCUT2D eigenvalue weighted by molar-refractivity contribution is -0.126. The number of nitrogens with one attached hydrogen (secondary N) is 2. The molecule has 0 spiro atoms. The molecule has 2 N–H and O–H groups in total. The number of carbonyl (C=O) groups is 3. The van der Waals surface area contributed by atoms with Crippen molar-refractivity contribution in [1.29, 1.82) is 0 Å². The van der Waals surface area contributed by atoms with Gasteiger partial charge in [-0.3, -0.25) is 14.4 Å². The van der Waals surface area contributed by atoms with Gasteiger partial charge in [-0.1, -0.05) is 11.3 Å². The smallest absolute Gasteiger partial charge is 0.286 e. The number of rotatable bonds is 8. The van der Waals surface area contributed by atoms with E-state index in [0.29, 0.717) is 44.1 Å². The molecule has 1 fully saturated rings. The van der Waals surface area contributed by atoms with E-state index in [1.807, 2.05) is 0 Å². The van der Waals surface area contributed by atoms with Gasteiger partial charge in [0.25, 0.3) is 11.8 Å². The molecule has 11 heteroatoms. The summed E-state index contributed by atoms with van der Waals surface area (Å²) < 4.78 is 10.0. The van der Waals surface area contributed by atoms with Crippen molar-refractivity contribution in [2.24, 2.45) is 5.92 Å². The first-order valence-electron chi connectivity index (χ1n) is 9.86. The molecule has 166 valence electrons. The van der Waals surface area contributed by atoms with Crippen LogP contribution in [0.25, 0.3) is 0 Å². The molecule has 10 nitrogen and oxygen atoms in total. The second-order valence-corrected chi connectivity index (χ2v) is 7.95. The highest BCUT2D eigenvalue weighted by molar-refractivity contribution is 7.15. The van der Waals surface area contributed by atoms with Gasteiger partial charge >= 0.3 is 0 Å². The second-order valence-electron chi connectivity index (χ2n) is 6.97. The van der Waals surface area contributed by atoms with Crippen LogP contribution in [0.5, 0.6) is 5.75 Å². The Morgan fingerprint density at radius 3 is 2.61 bits per heavy atom. The van der Waals surface area contributed by atoms with E-state index in [1.54, 1.807) is 43.4 Å². The average Bonchev–Trinajstić information content (AvgIpc) is 3.30. The first kappa shape index (κ1) is 22.6. The van der Waals surface area contributed by atoms with Crippen LogP contribution in [0.1, 0.15) is 32.4 Å². The van der Waals surface area contributed by atoms with Gasteiger partial charge in [-0.05, 0) is 37.1 Å². The minimum Gasteiger partial charge on any atom is -0.497 e. The maximum Gasteiger partial charge on any atom is 0.286 e. The normalized spacial score (nSPS) is 15.9. The van der Waals surface area contributed by atoms with Gasteiger partial charge in [0.05, 0.1) is 19.6 Å². The number of anilines is 1. The summed E-state index contributed by atoms with van der Waals surface area (Å²) in [6, 6.07) is 6.86. The van der Waals surface area contributed by atoms with Gasteiger partial charge in [0.2, 0.25) is 15.9 Å². The van der Waals surface area contributed by atoms with Crippen LogP contribution in [0.15, 0.2) is 24.3 Å². The molecule has 2 aromatic rings. The zero-order chi connectivity index (χ0) is 22.2. The van der Waals surface area contributed by atoms with Gasteiger partial charge in [-0.2, -0.15) is 0 Å². The average molecular weight is 448 g/mol. The van der Waals surface area contributed by atoms with Crippen molar-refractivity contribution >= 4 is 34.7 Å². The van der Waals surface area contributed by atoms with Gasteiger partial charge in [0, 0.05) is 32.4 Å². The highest BCUT2D eigenvalue weighted by Gasteiger charge is 2.30. The van der Waals surface area contributed by atoms with Crippen molar-refractivity contribution in [3.8, 4) is 5.75 Å². The zero-order valence-electron chi connectivity index (χ0n) is 17.4. The van der Waals surface area contributed by atoms with E-state index in [4.69, 9.17) is 9.47 Å². The zero-order valence-corrected chi connectivity index (χ0v) is 18.2. The first-order valence-corrected chi connectivity index (χ1v) is 10.7. The number of benzene rings is 1. The molecule has 1 aromatic carbocycles. The number of hydrogen-bond donors (Lipinski definition) is 2. The molecule has 2 heterocycles. The molecule has 0 radical (unpaired) electrons. The van der Waals surface area contributed by atoms with Crippen LogP contribution >= 0.6 is 11.3 Å². The van der Waals surface area contributed by atoms with Crippen LogP contribution < -0.4 is 15.4 Å². The monoisotopic (exact) mass is 447 g/mol. The lowest BCUT2D eigenvalue weighted by Gasteiger charge is -2.31. The van der Waals surface area contributed by atoms with Crippen molar-refractivity contribution in [3.63, 3.8) is 0 Å². The van der Waals surface area contributed by atoms with Crippen LogP contribution in [0.4, 0.5) is 5.69 Å². The fraction of sp³-hybridized carbons (Fsp3) is 0.450. The van der Waals surface area contributed by atoms with E-state index >= 15 is 0 Å². The highest BCUT2D eigenvalue weighted by Crippen LogP contribution is 2.21. The molecular weight excluding hydrogens is 422 g/mol. The molecule has 0 bridgehead atoms. The quantitative estimate of drug-likeness (QED) is 0.587. The third-order valence-corrected chi connectivity index (χ3v) is 5.74. The Balaban J connectivity index is 1.58. The van der Waals surface area contributed by atoms with Crippen LogP contribution in [-0.2, 0) is 9.53 Å². The molecule has 1 aliphatic heterocycles. The number of amides is 3. The fourth-order valence-corrected chi connectivity index (χ4v) is 3.90. The van der Waals surface area contributed by atoms with Crippen LogP contribution in [0, 0.1) is 5.92 Å². The van der Waals surface area contributed by atoms with Gasteiger partial charge in [0.1, 0.15) is 5.75 Å². The van der Waals surface area contributed by atoms with Crippen molar-refractivity contribution in [3.05, 3.63) is 34.3 Å². The van der Waals surface area contributed by atoms with Gasteiger partial charge in [-0.15, -0.1) is 10.2 Å². The third kappa shape index (κ3) is 5.98. The molecule has 0 aliphatic carbocycles. The molecule has 1 atom stereocenters. The standard InChI is InChI=1S/C20H25N5O5S/c1-29-11-9-21-16(26)13-4-3-10-25(12-13)20(28)19-24-23-18(31-19)17(27)22-14-5-7-15(30-2)8-6-14/h5-8,13H,3-4,9-12H2,1-2H3,(H,21,26)(H,22,27)/t13-/m0/s1. The molecule has 1 aliphatic rings. The fourth-order valence-electron chi connectivity index (χ4n) is 3.19. The summed E-state index contributed by atoms with van der Waals surface area (Å²) in [4.78, 5) is 39.1. The number of carbonyl (C=O) groups excluding carboxylic acids is 3. The minimum atomic E-state index is -0.448. The molecule has 0 unspecified atom stereocenters. The van der Waals surface area contributed by atoms with Crippen molar-refractivity contribution in [2.75, 3.05) is 45.8 Å². The second kappa shape index (κ2) is 10.8. The summed E-state index contributed by atoms with van der Waals surface area (Å²) >= 11 is 0.929. The maximum absolute atomic E-state index is 12.8. The lowest BCUT2D eigenvalue weighted by Crippen LogP contribution is -2.45.